The predicted molar refractivity (Wildman–Crippen MR) is 69.8 cm³/mol. The topological polar surface area (TPSA) is 107 Å². The molecule has 0 aliphatic carbocycles. The predicted octanol–water partition coefficient (Wildman–Crippen LogP) is 0.722. The average Bonchev–Trinajstić information content (AvgIpc) is 2.86. The zero-order valence-corrected chi connectivity index (χ0v) is 11.6. The van der Waals surface area contributed by atoms with E-state index in [-0.39, 0.29) is 6.54 Å². The Bertz CT molecular complexity index is 624. The smallest absolute Gasteiger partial charge is 0.308 e. The minimum atomic E-state index is -0.883. The van der Waals surface area contributed by atoms with E-state index in [1.54, 1.807) is 6.92 Å². The molecule has 0 saturated heterocycles. The third-order valence-corrected chi connectivity index (χ3v) is 2.97. The van der Waals surface area contributed by atoms with Crippen LogP contribution in [-0.4, -0.2) is 41.5 Å². The van der Waals surface area contributed by atoms with Crippen molar-refractivity contribution in [3.8, 4) is 11.4 Å². The maximum Gasteiger partial charge on any atom is 0.308 e. The van der Waals surface area contributed by atoms with Gasteiger partial charge in [0.2, 0.25) is 0 Å². The van der Waals surface area contributed by atoms with Crippen LogP contribution in [0.5, 0.6) is 0 Å². The van der Waals surface area contributed by atoms with E-state index in [9.17, 15) is 4.79 Å². The van der Waals surface area contributed by atoms with Gasteiger partial charge in [0.15, 0.2) is 5.82 Å². The number of rotatable bonds is 5. The second kappa shape index (κ2) is 5.72. The van der Waals surface area contributed by atoms with Gasteiger partial charge >= 0.3 is 5.97 Å². The molecule has 1 atom stereocenters. The normalized spacial score (nSPS) is 12.3. The van der Waals surface area contributed by atoms with Gasteiger partial charge in [0.25, 0.3) is 0 Å². The fraction of sp³-hybridized carbons (Fsp3) is 0.500. The molecule has 0 aromatic carbocycles. The van der Waals surface area contributed by atoms with Crippen molar-refractivity contribution in [1.82, 2.24) is 30.4 Å². The molecule has 0 aliphatic rings. The lowest BCUT2D eigenvalue weighted by atomic mass is 10.1. The summed E-state index contributed by atoms with van der Waals surface area (Å²) in [5.74, 6) is -0.933. The van der Waals surface area contributed by atoms with Gasteiger partial charge in [0.1, 0.15) is 0 Å². The second-order valence-electron chi connectivity index (χ2n) is 4.62. The average molecular weight is 276 g/mol. The molecule has 2 heterocycles. The fourth-order valence-corrected chi connectivity index (χ4v) is 1.83. The monoisotopic (exact) mass is 276 g/mol. The molecule has 8 nitrogen and oxygen atoms in total. The van der Waals surface area contributed by atoms with E-state index >= 15 is 0 Å². The molecular formula is C12H16N6O2. The number of carbonyl (C=O) groups is 1. The molecule has 1 N–H and O–H groups in total. The Morgan fingerprint density at radius 2 is 2.15 bits per heavy atom. The van der Waals surface area contributed by atoms with Crippen molar-refractivity contribution in [1.29, 1.82) is 0 Å². The van der Waals surface area contributed by atoms with Gasteiger partial charge in [0, 0.05) is 5.56 Å². The molecule has 0 bridgehead atoms. The van der Waals surface area contributed by atoms with Crippen LogP contribution in [-0.2, 0) is 17.8 Å². The molecule has 1 unspecified atom stereocenters. The van der Waals surface area contributed by atoms with Crippen molar-refractivity contribution in [2.75, 3.05) is 0 Å². The molecular weight excluding hydrogens is 260 g/mol. The number of aryl methyl sites for hydroxylation is 2. The molecule has 0 amide bonds. The number of hydrogen-bond donors (Lipinski definition) is 1. The van der Waals surface area contributed by atoms with Crippen molar-refractivity contribution < 1.29 is 9.90 Å². The van der Waals surface area contributed by atoms with Crippen LogP contribution >= 0.6 is 0 Å². The standard InChI is InChI=1S/C12H16N6O2/c1-4-10-9(5-8(3)13-14-10)11-15-16-17-18(11)6-7(2)12(19)20/h5,7H,4,6H2,1-3H3,(H,19,20). The van der Waals surface area contributed by atoms with Crippen LogP contribution in [0.25, 0.3) is 11.4 Å². The molecule has 0 fully saturated rings. The largest absolute Gasteiger partial charge is 0.481 e. The molecule has 0 aliphatic heterocycles. The summed E-state index contributed by atoms with van der Waals surface area (Å²) in [5.41, 5.74) is 2.34. The first-order valence-electron chi connectivity index (χ1n) is 6.35. The lowest BCUT2D eigenvalue weighted by Crippen LogP contribution is -2.18. The first kappa shape index (κ1) is 14.0. The van der Waals surface area contributed by atoms with Crippen molar-refractivity contribution in [3.63, 3.8) is 0 Å². The highest BCUT2D eigenvalue weighted by molar-refractivity contribution is 5.69. The minimum Gasteiger partial charge on any atom is -0.481 e. The molecule has 2 aromatic heterocycles. The van der Waals surface area contributed by atoms with E-state index in [4.69, 9.17) is 5.11 Å². The Labute approximate surface area is 115 Å². The van der Waals surface area contributed by atoms with Crippen molar-refractivity contribution >= 4 is 5.97 Å². The molecule has 20 heavy (non-hydrogen) atoms. The molecule has 2 aromatic rings. The van der Waals surface area contributed by atoms with Gasteiger partial charge in [-0.25, -0.2) is 4.68 Å². The van der Waals surface area contributed by atoms with Crippen LogP contribution in [0.1, 0.15) is 25.2 Å². The maximum atomic E-state index is 10.9. The van der Waals surface area contributed by atoms with Crippen LogP contribution in [0, 0.1) is 12.8 Å². The molecule has 0 saturated carbocycles. The van der Waals surface area contributed by atoms with Gasteiger partial charge in [-0.3, -0.25) is 4.79 Å². The van der Waals surface area contributed by atoms with Crippen LogP contribution in [0.15, 0.2) is 6.07 Å². The lowest BCUT2D eigenvalue weighted by molar-refractivity contribution is -0.141. The first-order chi connectivity index (χ1) is 9.52. The highest BCUT2D eigenvalue weighted by Crippen LogP contribution is 2.21. The SMILES string of the molecule is CCc1nnc(C)cc1-c1nnnn1CC(C)C(=O)O. The van der Waals surface area contributed by atoms with E-state index in [1.807, 2.05) is 19.9 Å². The number of aromatic nitrogens is 6. The van der Waals surface area contributed by atoms with Crippen molar-refractivity contribution in [2.24, 2.45) is 5.92 Å². The van der Waals surface area contributed by atoms with Crippen molar-refractivity contribution in [2.45, 2.75) is 33.7 Å². The van der Waals surface area contributed by atoms with E-state index in [1.165, 1.54) is 4.68 Å². The van der Waals surface area contributed by atoms with Gasteiger partial charge in [-0.05, 0) is 29.8 Å². The highest BCUT2D eigenvalue weighted by atomic mass is 16.4. The van der Waals surface area contributed by atoms with Gasteiger partial charge in [-0.2, -0.15) is 10.2 Å². The van der Waals surface area contributed by atoms with Crippen LogP contribution in [0.2, 0.25) is 0 Å². The molecule has 8 heteroatoms. The van der Waals surface area contributed by atoms with E-state index in [0.29, 0.717) is 12.2 Å². The quantitative estimate of drug-likeness (QED) is 0.857. The van der Waals surface area contributed by atoms with Gasteiger partial charge in [-0.15, -0.1) is 5.10 Å². The maximum absolute atomic E-state index is 10.9. The summed E-state index contributed by atoms with van der Waals surface area (Å²) >= 11 is 0. The number of nitrogens with zero attached hydrogens (tertiary/aromatic N) is 6. The number of aliphatic carboxylic acids is 1. The summed E-state index contributed by atoms with van der Waals surface area (Å²) in [6, 6.07) is 1.86. The molecule has 106 valence electrons. The molecule has 2 rings (SSSR count). The summed E-state index contributed by atoms with van der Waals surface area (Å²) in [6.45, 7) is 5.63. The summed E-state index contributed by atoms with van der Waals surface area (Å²) in [7, 11) is 0. The Kier molecular flexibility index (Phi) is 4.02. The molecule has 0 spiro atoms. The Balaban J connectivity index is 2.41. The van der Waals surface area contributed by atoms with Gasteiger partial charge in [-0.1, -0.05) is 13.8 Å². The molecule has 0 radical (unpaired) electrons. The summed E-state index contributed by atoms with van der Waals surface area (Å²) in [6.07, 6.45) is 0.698. The number of hydrogen-bond acceptors (Lipinski definition) is 6. The van der Waals surface area contributed by atoms with Crippen LogP contribution in [0.3, 0.4) is 0 Å². The number of carboxylic acid groups (broad SMARTS) is 1. The Morgan fingerprint density at radius 1 is 1.40 bits per heavy atom. The number of tetrazole rings is 1. The lowest BCUT2D eigenvalue weighted by Gasteiger charge is -2.10. The van der Waals surface area contributed by atoms with Gasteiger partial charge < -0.3 is 5.11 Å². The zero-order chi connectivity index (χ0) is 14.7. The Morgan fingerprint density at radius 3 is 2.80 bits per heavy atom. The third kappa shape index (κ3) is 2.79. The fourth-order valence-electron chi connectivity index (χ4n) is 1.83. The highest BCUT2D eigenvalue weighted by Gasteiger charge is 2.19. The summed E-state index contributed by atoms with van der Waals surface area (Å²) in [4.78, 5) is 10.9. The third-order valence-electron chi connectivity index (χ3n) is 2.97. The Hall–Kier alpha value is -2.38. The summed E-state index contributed by atoms with van der Waals surface area (Å²) in [5, 5.41) is 28.6. The van der Waals surface area contributed by atoms with Crippen LogP contribution in [0.4, 0.5) is 0 Å². The van der Waals surface area contributed by atoms with E-state index < -0.39 is 11.9 Å². The zero-order valence-electron chi connectivity index (χ0n) is 11.6. The first-order valence-corrected chi connectivity index (χ1v) is 6.35. The van der Waals surface area contributed by atoms with Gasteiger partial charge in [0.05, 0.1) is 23.9 Å². The second-order valence-corrected chi connectivity index (χ2v) is 4.62. The van der Waals surface area contributed by atoms with Crippen molar-refractivity contribution in [3.05, 3.63) is 17.5 Å². The van der Waals surface area contributed by atoms with E-state index in [2.05, 4.69) is 25.7 Å². The number of carboxylic acids is 1. The van der Waals surface area contributed by atoms with Crippen LogP contribution < -0.4 is 0 Å². The summed E-state index contributed by atoms with van der Waals surface area (Å²) < 4.78 is 1.49. The minimum absolute atomic E-state index is 0.211. The van der Waals surface area contributed by atoms with E-state index in [0.717, 1.165) is 17.0 Å².